The SMILES string of the molecule is CC(C)c1ncc(N2CCNC(=O)C2(C)C)c(C(=O)O)n1. The van der Waals surface area contributed by atoms with E-state index in [0.717, 1.165) is 0 Å². The number of carboxylic acids is 1. The van der Waals surface area contributed by atoms with Crippen molar-refractivity contribution in [2.75, 3.05) is 18.0 Å². The average Bonchev–Trinajstić information content (AvgIpc) is 2.41. The van der Waals surface area contributed by atoms with Crippen LogP contribution < -0.4 is 10.2 Å². The zero-order valence-electron chi connectivity index (χ0n) is 12.7. The smallest absolute Gasteiger partial charge is 0.356 e. The van der Waals surface area contributed by atoms with Crippen LogP contribution in [-0.4, -0.2) is 45.6 Å². The van der Waals surface area contributed by atoms with Gasteiger partial charge >= 0.3 is 5.97 Å². The van der Waals surface area contributed by atoms with E-state index in [1.807, 2.05) is 13.8 Å². The highest BCUT2D eigenvalue weighted by molar-refractivity contribution is 5.96. The zero-order chi connectivity index (χ0) is 15.8. The van der Waals surface area contributed by atoms with Crippen LogP contribution in [0.5, 0.6) is 0 Å². The minimum Gasteiger partial charge on any atom is -0.476 e. The summed E-state index contributed by atoms with van der Waals surface area (Å²) in [5, 5.41) is 12.2. The molecule has 2 rings (SSSR count). The van der Waals surface area contributed by atoms with E-state index in [4.69, 9.17) is 0 Å². The topological polar surface area (TPSA) is 95.4 Å². The lowest BCUT2D eigenvalue weighted by molar-refractivity contribution is -0.126. The molecule has 2 heterocycles. The molecule has 0 aliphatic carbocycles. The van der Waals surface area contributed by atoms with Gasteiger partial charge in [0.15, 0.2) is 5.69 Å². The Morgan fingerprint density at radius 3 is 2.71 bits per heavy atom. The summed E-state index contributed by atoms with van der Waals surface area (Å²) in [5.41, 5.74) is -0.520. The fraction of sp³-hybridized carbons (Fsp3) is 0.571. The van der Waals surface area contributed by atoms with Gasteiger partial charge in [-0.25, -0.2) is 14.8 Å². The molecule has 1 amide bonds. The molecule has 0 unspecified atom stereocenters. The van der Waals surface area contributed by atoms with Gasteiger partial charge < -0.3 is 15.3 Å². The predicted molar refractivity (Wildman–Crippen MR) is 77.5 cm³/mol. The van der Waals surface area contributed by atoms with Crippen LogP contribution in [0.2, 0.25) is 0 Å². The van der Waals surface area contributed by atoms with E-state index in [9.17, 15) is 14.7 Å². The Hall–Kier alpha value is -2.18. The van der Waals surface area contributed by atoms with Gasteiger partial charge in [0.1, 0.15) is 11.4 Å². The van der Waals surface area contributed by atoms with Crippen molar-refractivity contribution in [2.24, 2.45) is 0 Å². The first-order chi connectivity index (χ1) is 9.75. The highest BCUT2D eigenvalue weighted by Gasteiger charge is 2.39. The van der Waals surface area contributed by atoms with Gasteiger partial charge in [0.05, 0.1) is 11.9 Å². The Kier molecular flexibility index (Phi) is 3.85. The molecule has 1 aliphatic rings. The number of aromatic nitrogens is 2. The highest BCUT2D eigenvalue weighted by Crippen LogP contribution is 2.28. The molecule has 1 aromatic heterocycles. The molecule has 2 N–H and O–H groups in total. The van der Waals surface area contributed by atoms with Crippen molar-refractivity contribution in [3.8, 4) is 0 Å². The second kappa shape index (κ2) is 5.31. The largest absolute Gasteiger partial charge is 0.476 e. The van der Waals surface area contributed by atoms with Gasteiger partial charge in [0, 0.05) is 19.0 Å². The van der Waals surface area contributed by atoms with Gasteiger partial charge in [0.25, 0.3) is 0 Å². The second-order valence-corrected chi connectivity index (χ2v) is 5.89. The molecule has 1 aromatic rings. The molecule has 0 atom stereocenters. The van der Waals surface area contributed by atoms with Crippen LogP contribution in [0.4, 0.5) is 5.69 Å². The predicted octanol–water partition coefficient (Wildman–Crippen LogP) is 1.01. The number of hydrogen-bond donors (Lipinski definition) is 2. The third kappa shape index (κ3) is 2.68. The van der Waals surface area contributed by atoms with Crippen LogP contribution in [0, 0.1) is 0 Å². The van der Waals surface area contributed by atoms with Crippen molar-refractivity contribution in [3.63, 3.8) is 0 Å². The van der Waals surface area contributed by atoms with Crippen LogP contribution in [-0.2, 0) is 4.79 Å². The van der Waals surface area contributed by atoms with Gasteiger partial charge in [-0.2, -0.15) is 0 Å². The van der Waals surface area contributed by atoms with Crippen LogP contribution in [0.3, 0.4) is 0 Å². The number of carbonyl (C=O) groups excluding carboxylic acids is 1. The monoisotopic (exact) mass is 292 g/mol. The van der Waals surface area contributed by atoms with Gasteiger partial charge in [-0.15, -0.1) is 0 Å². The molecule has 0 bridgehead atoms. The van der Waals surface area contributed by atoms with E-state index in [1.165, 1.54) is 6.20 Å². The lowest BCUT2D eigenvalue weighted by Gasteiger charge is -2.42. The quantitative estimate of drug-likeness (QED) is 0.863. The van der Waals surface area contributed by atoms with Crippen molar-refractivity contribution in [3.05, 3.63) is 17.7 Å². The first-order valence-corrected chi connectivity index (χ1v) is 6.91. The Bertz CT molecular complexity index is 584. The summed E-state index contributed by atoms with van der Waals surface area (Å²) in [4.78, 5) is 33.7. The minimum absolute atomic E-state index is 0.0369. The lowest BCUT2D eigenvalue weighted by atomic mass is 9.98. The van der Waals surface area contributed by atoms with Crippen molar-refractivity contribution < 1.29 is 14.7 Å². The third-order valence-electron chi connectivity index (χ3n) is 3.65. The number of aromatic carboxylic acids is 1. The molecular formula is C14H20N4O3. The maximum absolute atomic E-state index is 12.0. The molecule has 114 valence electrons. The molecule has 21 heavy (non-hydrogen) atoms. The van der Waals surface area contributed by atoms with E-state index in [0.29, 0.717) is 24.6 Å². The number of carbonyl (C=O) groups is 2. The Balaban J connectivity index is 2.52. The highest BCUT2D eigenvalue weighted by atomic mass is 16.4. The van der Waals surface area contributed by atoms with Crippen LogP contribution in [0.25, 0.3) is 0 Å². The summed E-state index contributed by atoms with van der Waals surface area (Å²) in [6, 6.07) is 0. The molecule has 1 fully saturated rings. The fourth-order valence-electron chi connectivity index (χ4n) is 2.34. The Labute approximate surface area is 123 Å². The average molecular weight is 292 g/mol. The molecule has 7 heteroatoms. The second-order valence-electron chi connectivity index (χ2n) is 5.89. The summed E-state index contributed by atoms with van der Waals surface area (Å²) in [6.45, 7) is 8.29. The number of rotatable bonds is 3. The van der Waals surface area contributed by atoms with Crippen molar-refractivity contribution in [2.45, 2.75) is 39.2 Å². The molecule has 1 aliphatic heterocycles. The molecule has 1 saturated heterocycles. The van der Waals surface area contributed by atoms with Crippen LogP contribution in [0.1, 0.15) is 49.9 Å². The van der Waals surface area contributed by atoms with E-state index in [2.05, 4.69) is 15.3 Å². The van der Waals surface area contributed by atoms with Gasteiger partial charge in [-0.05, 0) is 13.8 Å². The van der Waals surface area contributed by atoms with Crippen LogP contribution >= 0.6 is 0 Å². The van der Waals surface area contributed by atoms with Gasteiger partial charge in [-0.1, -0.05) is 13.8 Å². The molecule has 0 aromatic carbocycles. The standard InChI is InChI=1S/C14H20N4O3/c1-8(2)11-16-7-9(10(17-11)12(19)20)18-6-5-15-13(21)14(18,3)4/h7-8H,5-6H2,1-4H3,(H,15,21)(H,19,20). The lowest BCUT2D eigenvalue weighted by Crippen LogP contribution is -2.62. The first kappa shape index (κ1) is 15.2. The Morgan fingerprint density at radius 2 is 2.14 bits per heavy atom. The number of piperazine rings is 1. The molecule has 0 saturated carbocycles. The summed E-state index contributed by atoms with van der Waals surface area (Å²) >= 11 is 0. The summed E-state index contributed by atoms with van der Waals surface area (Å²) < 4.78 is 0. The maximum atomic E-state index is 12.0. The van der Waals surface area contributed by atoms with Crippen molar-refractivity contribution >= 4 is 17.6 Å². The summed E-state index contributed by atoms with van der Waals surface area (Å²) in [6.07, 6.45) is 1.51. The van der Waals surface area contributed by atoms with Crippen molar-refractivity contribution in [1.82, 2.24) is 15.3 Å². The number of amides is 1. The zero-order valence-corrected chi connectivity index (χ0v) is 12.7. The fourth-order valence-corrected chi connectivity index (χ4v) is 2.34. The van der Waals surface area contributed by atoms with Gasteiger partial charge in [-0.3, -0.25) is 4.79 Å². The molecule has 0 spiro atoms. The Morgan fingerprint density at radius 1 is 1.48 bits per heavy atom. The van der Waals surface area contributed by atoms with Gasteiger partial charge in [0.2, 0.25) is 5.91 Å². The summed E-state index contributed by atoms with van der Waals surface area (Å²) in [7, 11) is 0. The third-order valence-corrected chi connectivity index (χ3v) is 3.65. The number of nitrogens with zero attached hydrogens (tertiary/aromatic N) is 3. The van der Waals surface area contributed by atoms with E-state index >= 15 is 0 Å². The van der Waals surface area contributed by atoms with E-state index in [-0.39, 0.29) is 17.5 Å². The van der Waals surface area contributed by atoms with E-state index < -0.39 is 11.5 Å². The number of carboxylic acid groups (broad SMARTS) is 1. The van der Waals surface area contributed by atoms with Crippen LogP contribution in [0.15, 0.2) is 6.20 Å². The molecule has 7 nitrogen and oxygen atoms in total. The van der Waals surface area contributed by atoms with E-state index in [1.54, 1.807) is 18.7 Å². The summed E-state index contributed by atoms with van der Waals surface area (Å²) in [5.74, 6) is -0.737. The minimum atomic E-state index is -1.11. The molecule has 0 radical (unpaired) electrons. The number of nitrogens with one attached hydrogen (secondary N) is 1. The molecular weight excluding hydrogens is 272 g/mol. The normalized spacial score (nSPS) is 17.8. The number of anilines is 1. The first-order valence-electron chi connectivity index (χ1n) is 6.91. The number of hydrogen-bond acceptors (Lipinski definition) is 5. The van der Waals surface area contributed by atoms with Crippen molar-refractivity contribution in [1.29, 1.82) is 0 Å². The maximum Gasteiger partial charge on any atom is 0.356 e.